The normalized spacial score (nSPS) is 14.7. The monoisotopic (exact) mass is 454 g/mol. The predicted octanol–water partition coefficient (Wildman–Crippen LogP) is 4.53. The van der Waals surface area contributed by atoms with E-state index in [0.717, 1.165) is 4.31 Å². The molecule has 8 heteroatoms. The van der Waals surface area contributed by atoms with E-state index in [1.165, 1.54) is 14.2 Å². The molecule has 0 aromatic heterocycles. The van der Waals surface area contributed by atoms with Crippen LogP contribution in [0, 0.1) is 0 Å². The van der Waals surface area contributed by atoms with Crippen LogP contribution in [0.3, 0.4) is 0 Å². The molecule has 1 aliphatic heterocycles. The van der Waals surface area contributed by atoms with Crippen molar-refractivity contribution in [2.24, 2.45) is 0 Å². The molecule has 0 atom stereocenters. The first-order chi connectivity index (χ1) is 14.8. The van der Waals surface area contributed by atoms with E-state index in [1.54, 1.807) is 66.7 Å². The van der Waals surface area contributed by atoms with E-state index < -0.39 is 15.9 Å². The summed E-state index contributed by atoms with van der Waals surface area (Å²) in [7, 11) is -1.26. The minimum Gasteiger partial charge on any atom is -0.495 e. The summed E-state index contributed by atoms with van der Waals surface area (Å²) in [5.74, 6) is -0.344. The third-order valence-corrected chi connectivity index (χ3v) is 7.09. The van der Waals surface area contributed by atoms with Crippen molar-refractivity contribution < 1.29 is 17.9 Å². The van der Waals surface area contributed by atoms with E-state index in [2.05, 4.69) is 5.32 Å². The van der Waals surface area contributed by atoms with Gasteiger partial charge in [-0.15, -0.1) is 0 Å². The summed E-state index contributed by atoms with van der Waals surface area (Å²) in [4.78, 5) is 13.1. The maximum atomic E-state index is 13.5. The number of hydrogen-bond donors (Lipinski definition) is 1. The summed E-state index contributed by atoms with van der Waals surface area (Å²) in [6.45, 7) is 0. The summed E-state index contributed by atoms with van der Waals surface area (Å²) in [5, 5.41) is 3.13. The molecular weight excluding hydrogens is 436 g/mol. The van der Waals surface area contributed by atoms with Crippen LogP contribution in [0.5, 0.6) is 5.75 Å². The number of carbonyl (C=O) groups is 1. The van der Waals surface area contributed by atoms with Gasteiger partial charge in [-0.2, -0.15) is 0 Å². The highest BCUT2D eigenvalue weighted by molar-refractivity contribution is 7.97. The Morgan fingerprint density at radius 1 is 1.00 bits per heavy atom. The van der Waals surface area contributed by atoms with Crippen molar-refractivity contribution in [2.45, 2.75) is 0 Å². The van der Waals surface area contributed by atoms with Gasteiger partial charge in [0.15, 0.2) is 4.91 Å². The van der Waals surface area contributed by atoms with Crippen LogP contribution in [-0.4, -0.2) is 28.5 Å². The van der Waals surface area contributed by atoms with E-state index >= 15 is 0 Å². The minimum atomic E-state index is -4.15. The van der Waals surface area contributed by atoms with Gasteiger partial charge in [-0.3, -0.25) is 9.10 Å². The molecule has 0 bridgehead atoms. The summed E-state index contributed by atoms with van der Waals surface area (Å²) < 4.78 is 33.3. The largest absolute Gasteiger partial charge is 0.495 e. The van der Waals surface area contributed by atoms with Crippen molar-refractivity contribution in [3.8, 4) is 5.75 Å². The fourth-order valence-corrected chi connectivity index (χ4v) is 5.19. The SMILES string of the molecule is COc1ccccc1NC(=O)C1=C(c2ccccc2)c2cc(Cl)ccc2N(C)S1(=O)=O. The smallest absolute Gasteiger partial charge is 0.270 e. The number of anilines is 2. The molecule has 0 fully saturated rings. The third kappa shape index (κ3) is 3.66. The molecule has 0 radical (unpaired) electrons. The van der Waals surface area contributed by atoms with Crippen molar-refractivity contribution in [1.82, 2.24) is 0 Å². The zero-order valence-corrected chi connectivity index (χ0v) is 18.4. The number of methoxy groups -OCH3 is 1. The van der Waals surface area contributed by atoms with Gasteiger partial charge in [0.05, 0.1) is 18.5 Å². The third-order valence-electron chi connectivity index (χ3n) is 5.04. The van der Waals surface area contributed by atoms with Crippen LogP contribution < -0.4 is 14.4 Å². The number of benzene rings is 3. The average Bonchev–Trinajstić information content (AvgIpc) is 2.77. The molecule has 1 aliphatic rings. The molecule has 0 spiro atoms. The summed E-state index contributed by atoms with van der Waals surface area (Å²) in [6.07, 6.45) is 0. The van der Waals surface area contributed by atoms with Gasteiger partial charge in [-0.1, -0.05) is 54.1 Å². The molecule has 4 rings (SSSR count). The van der Waals surface area contributed by atoms with Gasteiger partial charge in [0.2, 0.25) is 0 Å². The van der Waals surface area contributed by atoms with Gasteiger partial charge in [0.25, 0.3) is 15.9 Å². The van der Waals surface area contributed by atoms with Crippen LogP contribution in [-0.2, 0) is 14.8 Å². The maximum absolute atomic E-state index is 13.5. The molecule has 6 nitrogen and oxygen atoms in total. The highest BCUT2D eigenvalue weighted by Gasteiger charge is 2.40. The number of hydrogen-bond acceptors (Lipinski definition) is 4. The Labute approximate surface area is 185 Å². The lowest BCUT2D eigenvalue weighted by molar-refractivity contribution is -0.112. The molecule has 0 unspecified atom stereocenters. The second kappa shape index (κ2) is 8.09. The molecule has 3 aromatic rings. The Bertz CT molecular complexity index is 1300. The minimum absolute atomic E-state index is 0.295. The number of halogens is 1. The predicted molar refractivity (Wildman–Crippen MR) is 123 cm³/mol. The van der Waals surface area contributed by atoms with Crippen molar-refractivity contribution >= 4 is 44.5 Å². The lowest BCUT2D eigenvalue weighted by atomic mass is 9.95. The first-order valence-corrected chi connectivity index (χ1v) is 11.2. The number of nitrogens with zero attached hydrogens (tertiary/aromatic N) is 1. The number of fused-ring (bicyclic) bond motifs is 1. The highest BCUT2D eigenvalue weighted by Crippen LogP contribution is 2.43. The van der Waals surface area contributed by atoms with E-state index in [0.29, 0.717) is 38.8 Å². The molecule has 0 saturated carbocycles. The number of rotatable bonds is 4. The van der Waals surface area contributed by atoms with Gasteiger partial charge >= 0.3 is 0 Å². The Morgan fingerprint density at radius 3 is 2.39 bits per heavy atom. The molecule has 1 N–H and O–H groups in total. The summed E-state index contributed by atoms with van der Waals surface area (Å²) in [5.41, 5.74) is 2.25. The van der Waals surface area contributed by atoms with Crippen LogP contribution in [0.1, 0.15) is 11.1 Å². The fraction of sp³-hybridized carbons (Fsp3) is 0.0870. The maximum Gasteiger partial charge on any atom is 0.270 e. The molecule has 158 valence electrons. The van der Waals surface area contributed by atoms with Crippen LogP contribution in [0.2, 0.25) is 5.02 Å². The molecule has 3 aromatic carbocycles. The first kappa shape index (κ1) is 21.0. The van der Waals surface area contributed by atoms with Gasteiger partial charge in [-0.05, 0) is 35.9 Å². The standard InChI is InChI=1S/C23H19ClN2O4S/c1-26-19-13-12-16(24)14-17(19)21(15-8-4-3-5-9-15)22(31(26,28)29)23(27)25-18-10-6-7-11-20(18)30-2/h3-14H,1-2H3,(H,25,27). The second-order valence-electron chi connectivity index (χ2n) is 6.86. The number of sulfonamides is 1. The average molecular weight is 455 g/mol. The molecule has 31 heavy (non-hydrogen) atoms. The van der Waals surface area contributed by atoms with Crippen LogP contribution in [0.4, 0.5) is 11.4 Å². The fourth-order valence-electron chi connectivity index (χ4n) is 3.55. The van der Waals surface area contributed by atoms with Crippen molar-refractivity contribution in [3.05, 3.63) is 93.9 Å². The Hall–Kier alpha value is -3.29. The number of amides is 1. The lowest BCUT2D eigenvalue weighted by Gasteiger charge is -2.31. The quantitative estimate of drug-likeness (QED) is 0.628. The molecule has 0 saturated heterocycles. The summed E-state index contributed by atoms with van der Waals surface area (Å²) in [6, 6.07) is 20.6. The molecule has 1 heterocycles. The first-order valence-electron chi connectivity index (χ1n) is 9.37. The zero-order valence-electron chi connectivity index (χ0n) is 16.8. The number of ether oxygens (including phenoxy) is 1. The second-order valence-corrected chi connectivity index (χ2v) is 9.20. The van der Waals surface area contributed by atoms with Crippen LogP contribution in [0.15, 0.2) is 77.7 Å². The van der Waals surface area contributed by atoms with Gasteiger partial charge in [-0.25, -0.2) is 8.42 Å². The molecule has 0 aliphatic carbocycles. The Morgan fingerprint density at radius 2 is 1.68 bits per heavy atom. The van der Waals surface area contributed by atoms with E-state index in [9.17, 15) is 13.2 Å². The summed E-state index contributed by atoms with van der Waals surface area (Å²) >= 11 is 6.24. The Kier molecular flexibility index (Phi) is 5.47. The topological polar surface area (TPSA) is 75.7 Å². The van der Waals surface area contributed by atoms with Crippen LogP contribution in [0.25, 0.3) is 5.57 Å². The zero-order chi connectivity index (χ0) is 22.2. The van der Waals surface area contributed by atoms with Crippen molar-refractivity contribution in [2.75, 3.05) is 23.8 Å². The highest BCUT2D eigenvalue weighted by atomic mass is 35.5. The van der Waals surface area contributed by atoms with Crippen molar-refractivity contribution in [1.29, 1.82) is 0 Å². The van der Waals surface area contributed by atoms with Gasteiger partial charge in [0.1, 0.15) is 5.75 Å². The van der Waals surface area contributed by atoms with E-state index in [4.69, 9.17) is 16.3 Å². The van der Waals surface area contributed by atoms with E-state index in [-0.39, 0.29) is 4.91 Å². The van der Waals surface area contributed by atoms with E-state index in [1.807, 2.05) is 6.07 Å². The molecular formula is C23H19ClN2O4S. The Balaban J connectivity index is 1.99. The van der Waals surface area contributed by atoms with Gasteiger partial charge in [0, 0.05) is 23.2 Å². The number of nitrogens with one attached hydrogen (secondary N) is 1. The lowest BCUT2D eigenvalue weighted by Crippen LogP contribution is -2.37. The van der Waals surface area contributed by atoms with Crippen molar-refractivity contribution in [3.63, 3.8) is 0 Å². The number of carbonyl (C=O) groups excluding carboxylic acids is 1. The van der Waals surface area contributed by atoms with Crippen LogP contribution >= 0.6 is 11.6 Å². The number of para-hydroxylation sites is 2. The molecule has 1 amide bonds. The van der Waals surface area contributed by atoms with Gasteiger partial charge < -0.3 is 10.1 Å².